The van der Waals surface area contributed by atoms with Crippen LogP contribution in [0.4, 0.5) is 0 Å². The summed E-state index contributed by atoms with van der Waals surface area (Å²) < 4.78 is 53.7. The number of sulfonamides is 2. The van der Waals surface area contributed by atoms with E-state index in [0.717, 1.165) is 50.1 Å². The van der Waals surface area contributed by atoms with Gasteiger partial charge in [0.2, 0.25) is 20.0 Å². The Morgan fingerprint density at radius 2 is 1.11 bits per heavy atom. The van der Waals surface area contributed by atoms with E-state index in [4.69, 9.17) is 0 Å². The molecule has 2 heterocycles. The fraction of sp³-hybridized carbons (Fsp3) is 0.520. The molecule has 2 aliphatic rings. The first kappa shape index (κ1) is 27.8. The smallest absolute Gasteiger partial charge is 0.214 e. The molecular formula is C25H38N4O4S2. The predicted octanol–water partition coefficient (Wildman–Crippen LogP) is 2.06. The van der Waals surface area contributed by atoms with Crippen molar-refractivity contribution in [2.24, 2.45) is 0 Å². The summed E-state index contributed by atoms with van der Waals surface area (Å²) in [7, 11) is -4.33. The van der Waals surface area contributed by atoms with Gasteiger partial charge in [-0.25, -0.2) is 26.3 Å². The molecule has 35 heavy (non-hydrogen) atoms. The molecule has 0 atom stereocenters. The summed E-state index contributed by atoms with van der Waals surface area (Å²) in [6.45, 7) is 4.06. The minimum absolute atomic E-state index is 0.239. The van der Waals surface area contributed by atoms with E-state index in [9.17, 15) is 16.8 Å². The highest BCUT2D eigenvalue weighted by Crippen LogP contribution is 2.16. The molecule has 10 heteroatoms. The van der Waals surface area contributed by atoms with Gasteiger partial charge in [0, 0.05) is 13.1 Å². The van der Waals surface area contributed by atoms with Gasteiger partial charge in [0.05, 0.1) is 10.5 Å². The van der Waals surface area contributed by atoms with Crippen molar-refractivity contribution in [1.29, 1.82) is 0 Å². The molecule has 0 spiro atoms. The zero-order valence-corrected chi connectivity index (χ0v) is 22.0. The summed E-state index contributed by atoms with van der Waals surface area (Å²) in [5.41, 5.74) is 1.99. The summed E-state index contributed by atoms with van der Waals surface area (Å²) in [6, 6.07) is 19.2. The Kier molecular flexibility index (Phi) is 10.7. The van der Waals surface area contributed by atoms with Gasteiger partial charge < -0.3 is 10.2 Å². The maximum absolute atomic E-state index is 12.1. The Morgan fingerprint density at radius 3 is 1.54 bits per heavy atom. The van der Waals surface area contributed by atoms with Crippen molar-refractivity contribution < 1.29 is 16.8 Å². The van der Waals surface area contributed by atoms with Crippen LogP contribution in [0.25, 0.3) is 0 Å². The van der Waals surface area contributed by atoms with Crippen LogP contribution in [0.1, 0.15) is 36.8 Å². The summed E-state index contributed by atoms with van der Waals surface area (Å²) in [5.74, 6) is 0. The molecule has 8 nitrogen and oxygen atoms in total. The van der Waals surface area contributed by atoms with Crippen LogP contribution >= 0.6 is 0 Å². The molecule has 2 aromatic carbocycles. The van der Waals surface area contributed by atoms with Crippen molar-refractivity contribution in [2.75, 3.05) is 33.2 Å². The van der Waals surface area contributed by atoms with Crippen molar-refractivity contribution in [3.8, 4) is 0 Å². The van der Waals surface area contributed by atoms with E-state index in [1.54, 1.807) is 0 Å². The minimum atomic E-state index is -3.18. The first-order valence-electron chi connectivity index (χ1n) is 12.2. The molecule has 2 aliphatic heterocycles. The lowest BCUT2D eigenvalue weighted by Gasteiger charge is -2.28. The number of rotatable bonds is 8. The summed E-state index contributed by atoms with van der Waals surface area (Å²) in [6.07, 6.45) is 2.84. The molecule has 0 saturated carbocycles. The fourth-order valence-electron chi connectivity index (χ4n) is 4.20. The van der Waals surface area contributed by atoms with E-state index in [0.29, 0.717) is 25.9 Å². The van der Waals surface area contributed by atoms with E-state index in [2.05, 4.69) is 19.7 Å². The fourth-order valence-corrected chi connectivity index (χ4v) is 7.09. The van der Waals surface area contributed by atoms with E-state index < -0.39 is 20.0 Å². The third-order valence-electron chi connectivity index (χ3n) is 6.47. The van der Waals surface area contributed by atoms with Crippen molar-refractivity contribution in [2.45, 2.75) is 49.3 Å². The molecule has 0 aromatic heterocycles. The molecule has 194 valence electrons. The third kappa shape index (κ3) is 9.29. The van der Waals surface area contributed by atoms with Crippen LogP contribution in [0.15, 0.2) is 60.7 Å². The molecule has 2 aromatic rings. The van der Waals surface area contributed by atoms with Crippen molar-refractivity contribution in [1.82, 2.24) is 19.7 Å². The van der Waals surface area contributed by atoms with Crippen LogP contribution in [-0.4, -0.2) is 65.5 Å². The van der Waals surface area contributed by atoms with Crippen LogP contribution in [0.3, 0.4) is 0 Å². The highest BCUT2D eigenvalue weighted by atomic mass is 32.2. The normalized spacial score (nSPS) is 18.5. The van der Waals surface area contributed by atoms with Crippen molar-refractivity contribution in [3.05, 3.63) is 71.8 Å². The summed E-state index contributed by atoms with van der Waals surface area (Å²) in [4.78, 5) is 2.17. The number of nitrogens with one attached hydrogen (secondary N) is 3. The standard InChI is InChI=1S/C13H20N2O2S.C12H18N2O2S/c1-15-9-7-13(8-10-15)18(16,17)14-11-12-5-3-2-4-6-12;15-17(16,12-6-8-13-9-7-12)14-10-11-4-2-1-3-5-11/h2-6,13-14H,7-11H2,1H3;1-5,12-14H,6-10H2. The average molecular weight is 523 g/mol. The van der Waals surface area contributed by atoms with Crippen LogP contribution < -0.4 is 14.8 Å². The lowest BCUT2D eigenvalue weighted by Crippen LogP contribution is -2.42. The number of likely N-dealkylation sites (tertiary alicyclic amines) is 1. The lowest BCUT2D eigenvalue weighted by molar-refractivity contribution is 0.277. The van der Waals surface area contributed by atoms with E-state index in [1.807, 2.05) is 67.7 Å². The number of nitrogens with zero attached hydrogens (tertiary/aromatic N) is 1. The Balaban J connectivity index is 0.000000196. The number of benzene rings is 2. The summed E-state index contributed by atoms with van der Waals surface area (Å²) >= 11 is 0. The molecule has 4 rings (SSSR count). The van der Waals surface area contributed by atoms with Gasteiger partial charge in [0.15, 0.2) is 0 Å². The molecule has 2 fully saturated rings. The summed E-state index contributed by atoms with van der Waals surface area (Å²) in [5, 5.41) is 2.69. The predicted molar refractivity (Wildman–Crippen MR) is 141 cm³/mol. The van der Waals surface area contributed by atoms with Crippen LogP contribution in [-0.2, 0) is 33.1 Å². The number of hydrogen-bond donors (Lipinski definition) is 3. The molecule has 0 radical (unpaired) electrons. The molecule has 2 saturated heterocycles. The van der Waals surface area contributed by atoms with E-state index in [-0.39, 0.29) is 10.5 Å². The second-order valence-electron chi connectivity index (χ2n) is 9.16. The van der Waals surface area contributed by atoms with E-state index in [1.165, 1.54) is 0 Å². The monoisotopic (exact) mass is 522 g/mol. The van der Waals surface area contributed by atoms with Crippen molar-refractivity contribution in [3.63, 3.8) is 0 Å². The van der Waals surface area contributed by atoms with Gasteiger partial charge in [-0.15, -0.1) is 0 Å². The SMILES string of the molecule is CN1CCC(S(=O)(=O)NCc2ccccc2)CC1.O=S(=O)(NCc1ccccc1)C1CCNCC1. The van der Waals surface area contributed by atoms with Crippen LogP contribution in [0, 0.1) is 0 Å². The van der Waals surface area contributed by atoms with Gasteiger partial charge in [-0.05, 0) is 70.0 Å². The maximum Gasteiger partial charge on any atom is 0.214 e. The molecule has 0 amide bonds. The largest absolute Gasteiger partial charge is 0.317 e. The zero-order chi connectivity index (χ0) is 25.2. The first-order valence-corrected chi connectivity index (χ1v) is 15.3. The second-order valence-corrected chi connectivity index (χ2v) is 13.2. The van der Waals surface area contributed by atoms with Crippen LogP contribution in [0.5, 0.6) is 0 Å². The quantitative estimate of drug-likeness (QED) is 0.490. The number of hydrogen-bond acceptors (Lipinski definition) is 6. The zero-order valence-electron chi connectivity index (χ0n) is 20.4. The van der Waals surface area contributed by atoms with Gasteiger partial charge in [-0.1, -0.05) is 60.7 Å². The van der Waals surface area contributed by atoms with Gasteiger partial charge >= 0.3 is 0 Å². The highest BCUT2D eigenvalue weighted by molar-refractivity contribution is 7.90. The Morgan fingerprint density at radius 1 is 0.714 bits per heavy atom. The average Bonchev–Trinajstić information content (AvgIpc) is 2.89. The van der Waals surface area contributed by atoms with Gasteiger partial charge in [0.25, 0.3) is 0 Å². The third-order valence-corrected chi connectivity index (χ3v) is 10.3. The Bertz CT molecular complexity index is 1080. The minimum Gasteiger partial charge on any atom is -0.317 e. The van der Waals surface area contributed by atoms with Crippen molar-refractivity contribution >= 4 is 20.0 Å². The molecule has 0 bridgehead atoms. The van der Waals surface area contributed by atoms with Gasteiger partial charge in [0.1, 0.15) is 0 Å². The second kappa shape index (κ2) is 13.5. The topological polar surface area (TPSA) is 108 Å². The highest BCUT2D eigenvalue weighted by Gasteiger charge is 2.28. The lowest BCUT2D eigenvalue weighted by atomic mass is 10.1. The molecule has 0 unspecified atom stereocenters. The van der Waals surface area contributed by atoms with Crippen LogP contribution in [0.2, 0.25) is 0 Å². The molecule has 0 aliphatic carbocycles. The maximum atomic E-state index is 12.1. The van der Waals surface area contributed by atoms with Gasteiger partial charge in [-0.3, -0.25) is 0 Å². The Hall–Kier alpha value is -1.82. The molecular weight excluding hydrogens is 484 g/mol. The Labute approximate surface area is 210 Å². The van der Waals surface area contributed by atoms with Gasteiger partial charge in [-0.2, -0.15) is 0 Å². The molecule has 3 N–H and O–H groups in total. The first-order chi connectivity index (χ1) is 16.8. The van der Waals surface area contributed by atoms with E-state index >= 15 is 0 Å². The number of piperidine rings is 2.